The maximum atomic E-state index is 12.6. The van der Waals surface area contributed by atoms with Crippen LogP contribution in [0, 0.1) is 11.3 Å². The number of rotatable bonds is 3. The highest BCUT2D eigenvalue weighted by atomic mass is 19.3. The average Bonchev–Trinajstić information content (AvgIpc) is 2.26. The molecule has 4 nitrogen and oxygen atoms in total. The van der Waals surface area contributed by atoms with Crippen molar-refractivity contribution < 1.29 is 18.7 Å². The third kappa shape index (κ3) is 1.99. The molecule has 0 unspecified atom stereocenters. The van der Waals surface area contributed by atoms with Gasteiger partial charge in [-0.1, -0.05) is 6.07 Å². The van der Waals surface area contributed by atoms with Crippen LogP contribution in [0.4, 0.5) is 8.78 Å². The number of hydrogen-bond donors (Lipinski definition) is 2. The van der Waals surface area contributed by atoms with Crippen molar-refractivity contribution in [2.24, 2.45) is 5.73 Å². The molecule has 0 spiro atoms. The fourth-order valence-electron chi connectivity index (χ4n) is 1.43. The molecule has 0 saturated heterocycles. The van der Waals surface area contributed by atoms with E-state index in [1.807, 2.05) is 0 Å². The summed E-state index contributed by atoms with van der Waals surface area (Å²) in [4.78, 5) is 10.9. The summed E-state index contributed by atoms with van der Waals surface area (Å²) in [7, 11) is 0. The van der Waals surface area contributed by atoms with E-state index < -0.39 is 23.5 Å². The maximum Gasteiger partial charge on any atom is 0.337 e. The number of carboxylic acids is 1. The van der Waals surface area contributed by atoms with Crippen LogP contribution in [-0.4, -0.2) is 11.1 Å². The van der Waals surface area contributed by atoms with Crippen LogP contribution in [0.25, 0.3) is 0 Å². The summed E-state index contributed by atoms with van der Waals surface area (Å²) in [6.07, 6.45) is -2.82. The van der Waals surface area contributed by atoms with E-state index in [9.17, 15) is 13.6 Å². The Bertz CT molecular complexity index is 467. The van der Waals surface area contributed by atoms with Crippen molar-refractivity contribution in [2.75, 3.05) is 0 Å². The SMILES string of the molecule is N#Cc1ccc(C(F)F)c(CN)c1C(=O)O. The third-order valence-corrected chi connectivity index (χ3v) is 2.12. The van der Waals surface area contributed by atoms with E-state index in [2.05, 4.69) is 0 Å². The molecule has 84 valence electrons. The first kappa shape index (κ1) is 12.1. The quantitative estimate of drug-likeness (QED) is 0.820. The standard InChI is InChI=1S/C10H8F2N2O2/c11-9(12)6-2-1-5(3-13)8(10(15)16)7(6)4-14/h1-2,9H,4,14H2,(H,15,16). The highest BCUT2D eigenvalue weighted by molar-refractivity contribution is 5.92. The minimum Gasteiger partial charge on any atom is -0.478 e. The molecule has 0 amide bonds. The number of halogens is 2. The van der Waals surface area contributed by atoms with Crippen molar-refractivity contribution in [3.05, 3.63) is 34.4 Å². The van der Waals surface area contributed by atoms with Gasteiger partial charge in [0.25, 0.3) is 6.43 Å². The Kier molecular flexibility index (Phi) is 3.53. The molecule has 0 aliphatic carbocycles. The lowest BCUT2D eigenvalue weighted by atomic mass is 9.96. The minimum atomic E-state index is -2.82. The van der Waals surface area contributed by atoms with Crippen LogP contribution >= 0.6 is 0 Å². The molecule has 0 saturated carbocycles. The van der Waals surface area contributed by atoms with Gasteiger partial charge in [-0.05, 0) is 11.6 Å². The molecule has 0 atom stereocenters. The number of carboxylic acid groups (broad SMARTS) is 1. The van der Waals surface area contributed by atoms with E-state index >= 15 is 0 Å². The number of hydrogen-bond acceptors (Lipinski definition) is 3. The molecule has 0 radical (unpaired) electrons. The summed E-state index contributed by atoms with van der Waals surface area (Å²) in [6.45, 7) is -0.350. The fraction of sp³-hybridized carbons (Fsp3) is 0.200. The van der Waals surface area contributed by atoms with Gasteiger partial charge in [0, 0.05) is 12.1 Å². The molecule has 0 fully saturated rings. The lowest BCUT2D eigenvalue weighted by molar-refractivity contribution is 0.0694. The second-order valence-corrected chi connectivity index (χ2v) is 2.98. The molecule has 1 aromatic rings. The number of carbonyl (C=O) groups is 1. The van der Waals surface area contributed by atoms with E-state index in [0.717, 1.165) is 12.1 Å². The monoisotopic (exact) mass is 226 g/mol. The fourth-order valence-corrected chi connectivity index (χ4v) is 1.43. The zero-order valence-electron chi connectivity index (χ0n) is 8.08. The Morgan fingerprint density at radius 2 is 2.19 bits per heavy atom. The first-order valence-corrected chi connectivity index (χ1v) is 4.30. The molecule has 1 aromatic carbocycles. The Morgan fingerprint density at radius 3 is 2.56 bits per heavy atom. The summed E-state index contributed by atoms with van der Waals surface area (Å²) < 4.78 is 25.1. The summed E-state index contributed by atoms with van der Waals surface area (Å²) >= 11 is 0. The predicted octanol–water partition coefficient (Wildman–Crippen LogP) is 1.65. The number of aromatic carboxylic acids is 1. The largest absolute Gasteiger partial charge is 0.478 e. The minimum absolute atomic E-state index is 0.169. The van der Waals surface area contributed by atoms with Gasteiger partial charge in [-0.25, -0.2) is 13.6 Å². The number of nitrogens with zero attached hydrogens (tertiary/aromatic N) is 1. The van der Waals surface area contributed by atoms with Gasteiger partial charge in [-0.3, -0.25) is 0 Å². The zero-order chi connectivity index (χ0) is 12.3. The lowest BCUT2D eigenvalue weighted by Crippen LogP contribution is -2.12. The average molecular weight is 226 g/mol. The van der Waals surface area contributed by atoms with Crippen LogP contribution in [0.15, 0.2) is 12.1 Å². The first-order chi connectivity index (χ1) is 7.52. The van der Waals surface area contributed by atoms with Gasteiger partial charge in [0.1, 0.15) is 6.07 Å². The Balaban J connectivity index is 3.58. The van der Waals surface area contributed by atoms with Gasteiger partial charge >= 0.3 is 5.97 Å². The number of nitrogens with two attached hydrogens (primary N) is 1. The summed E-state index contributed by atoms with van der Waals surface area (Å²) in [5, 5.41) is 17.5. The molecule has 0 aliphatic rings. The summed E-state index contributed by atoms with van der Waals surface area (Å²) in [5.74, 6) is -1.43. The van der Waals surface area contributed by atoms with Crippen LogP contribution in [0.3, 0.4) is 0 Å². The molecule has 0 bridgehead atoms. The molecular weight excluding hydrogens is 218 g/mol. The van der Waals surface area contributed by atoms with E-state index in [-0.39, 0.29) is 17.7 Å². The van der Waals surface area contributed by atoms with Crippen LogP contribution in [0.2, 0.25) is 0 Å². The van der Waals surface area contributed by atoms with Gasteiger partial charge in [-0.2, -0.15) is 5.26 Å². The molecule has 3 N–H and O–H groups in total. The van der Waals surface area contributed by atoms with E-state index in [1.54, 1.807) is 6.07 Å². The number of alkyl halides is 2. The van der Waals surface area contributed by atoms with Crippen molar-refractivity contribution in [2.45, 2.75) is 13.0 Å². The van der Waals surface area contributed by atoms with Crippen LogP contribution in [0.5, 0.6) is 0 Å². The topological polar surface area (TPSA) is 87.1 Å². The van der Waals surface area contributed by atoms with E-state index in [4.69, 9.17) is 16.1 Å². The third-order valence-electron chi connectivity index (χ3n) is 2.12. The normalized spacial score (nSPS) is 10.2. The number of benzene rings is 1. The Morgan fingerprint density at radius 1 is 1.56 bits per heavy atom. The lowest BCUT2D eigenvalue weighted by Gasteiger charge is -2.11. The van der Waals surface area contributed by atoms with Crippen LogP contribution < -0.4 is 5.73 Å². The predicted molar refractivity (Wildman–Crippen MR) is 51.0 cm³/mol. The zero-order valence-corrected chi connectivity index (χ0v) is 8.08. The van der Waals surface area contributed by atoms with Crippen LogP contribution in [-0.2, 0) is 6.54 Å². The first-order valence-electron chi connectivity index (χ1n) is 4.30. The second kappa shape index (κ2) is 4.68. The maximum absolute atomic E-state index is 12.6. The molecule has 6 heteroatoms. The van der Waals surface area contributed by atoms with Crippen molar-refractivity contribution in [1.82, 2.24) is 0 Å². The van der Waals surface area contributed by atoms with E-state index in [0.29, 0.717) is 0 Å². The van der Waals surface area contributed by atoms with Gasteiger partial charge in [0.05, 0.1) is 11.1 Å². The van der Waals surface area contributed by atoms with Gasteiger partial charge in [0.15, 0.2) is 0 Å². The van der Waals surface area contributed by atoms with Crippen molar-refractivity contribution in [3.8, 4) is 6.07 Å². The second-order valence-electron chi connectivity index (χ2n) is 2.98. The van der Waals surface area contributed by atoms with Crippen LogP contribution in [0.1, 0.15) is 33.5 Å². The van der Waals surface area contributed by atoms with Gasteiger partial charge in [0.2, 0.25) is 0 Å². The van der Waals surface area contributed by atoms with Crippen molar-refractivity contribution in [1.29, 1.82) is 5.26 Å². The van der Waals surface area contributed by atoms with Crippen molar-refractivity contribution >= 4 is 5.97 Å². The van der Waals surface area contributed by atoms with Gasteiger partial charge < -0.3 is 10.8 Å². The Hall–Kier alpha value is -2.00. The summed E-state index contributed by atoms with van der Waals surface area (Å²) in [6, 6.07) is 3.72. The Labute approximate surface area is 89.9 Å². The smallest absolute Gasteiger partial charge is 0.337 e. The van der Waals surface area contributed by atoms with Gasteiger partial charge in [-0.15, -0.1) is 0 Å². The van der Waals surface area contributed by atoms with E-state index in [1.165, 1.54) is 0 Å². The van der Waals surface area contributed by atoms with Crippen molar-refractivity contribution in [3.63, 3.8) is 0 Å². The molecule has 0 heterocycles. The molecule has 0 aromatic heterocycles. The molecule has 0 aliphatic heterocycles. The highest BCUT2D eigenvalue weighted by Gasteiger charge is 2.22. The molecule has 1 rings (SSSR count). The highest BCUT2D eigenvalue weighted by Crippen LogP contribution is 2.27. The molecule has 16 heavy (non-hydrogen) atoms. The number of nitriles is 1. The molecular formula is C10H8F2N2O2. The summed E-state index contributed by atoms with van der Waals surface area (Å²) in [5.41, 5.74) is 4.00.